The summed E-state index contributed by atoms with van der Waals surface area (Å²) in [6.45, 7) is 0.472. The van der Waals surface area contributed by atoms with Gasteiger partial charge in [0.25, 0.3) is 5.91 Å². The number of hydrogen-bond acceptors (Lipinski definition) is 6. The largest absolute Gasteiger partial charge is 0.382 e. The highest BCUT2D eigenvalue weighted by atomic mass is 32.2. The Balaban J connectivity index is 1.42. The SMILES string of the molecule is Nc1ncc(Sc2ccccn2)nc1C(=O)NCCc1c[nH]c2ccccc12. The summed E-state index contributed by atoms with van der Waals surface area (Å²) < 4.78 is 0. The predicted molar refractivity (Wildman–Crippen MR) is 109 cm³/mol. The minimum atomic E-state index is -0.340. The van der Waals surface area contributed by atoms with Crippen LogP contribution in [0.5, 0.6) is 0 Å². The van der Waals surface area contributed by atoms with Crippen LogP contribution in [0.3, 0.4) is 0 Å². The zero-order valence-corrected chi connectivity index (χ0v) is 15.7. The molecule has 3 heterocycles. The molecule has 0 saturated carbocycles. The lowest BCUT2D eigenvalue weighted by Gasteiger charge is -2.08. The topological polar surface area (TPSA) is 110 Å². The van der Waals surface area contributed by atoms with Gasteiger partial charge in [0.15, 0.2) is 11.5 Å². The van der Waals surface area contributed by atoms with Crippen molar-refractivity contribution in [1.82, 2.24) is 25.3 Å². The lowest BCUT2D eigenvalue weighted by atomic mass is 10.1. The van der Waals surface area contributed by atoms with Crippen molar-refractivity contribution in [1.29, 1.82) is 0 Å². The smallest absolute Gasteiger partial charge is 0.273 e. The van der Waals surface area contributed by atoms with Gasteiger partial charge < -0.3 is 16.0 Å². The Morgan fingerprint density at radius 1 is 1.11 bits per heavy atom. The number of carbonyl (C=O) groups is 1. The van der Waals surface area contributed by atoms with Crippen molar-refractivity contribution < 1.29 is 4.79 Å². The number of nitrogens with two attached hydrogens (primary N) is 1. The second-order valence-electron chi connectivity index (χ2n) is 6.08. The van der Waals surface area contributed by atoms with Crippen molar-refractivity contribution in [3.05, 3.63) is 72.3 Å². The lowest BCUT2D eigenvalue weighted by molar-refractivity contribution is 0.0949. The number of aromatic nitrogens is 4. The molecule has 0 fully saturated rings. The summed E-state index contributed by atoms with van der Waals surface area (Å²) in [6, 6.07) is 13.7. The molecule has 0 unspecified atom stereocenters. The summed E-state index contributed by atoms with van der Waals surface area (Å²) in [5.74, 6) is -0.233. The zero-order valence-electron chi connectivity index (χ0n) is 14.9. The molecule has 0 aliphatic rings. The van der Waals surface area contributed by atoms with E-state index in [1.165, 1.54) is 18.0 Å². The van der Waals surface area contributed by atoms with Gasteiger partial charge in [-0.2, -0.15) is 0 Å². The molecular formula is C20H18N6OS. The van der Waals surface area contributed by atoms with Gasteiger partial charge in [-0.15, -0.1) is 0 Å². The maximum absolute atomic E-state index is 12.5. The molecule has 0 aliphatic carbocycles. The fourth-order valence-corrected chi connectivity index (χ4v) is 3.56. The van der Waals surface area contributed by atoms with E-state index < -0.39 is 0 Å². The molecule has 28 heavy (non-hydrogen) atoms. The van der Waals surface area contributed by atoms with Crippen molar-refractivity contribution in [3.8, 4) is 0 Å². The van der Waals surface area contributed by atoms with Gasteiger partial charge >= 0.3 is 0 Å². The number of rotatable bonds is 6. The van der Waals surface area contributed by atoms with Gasteiger partial charge in [-0.05, 0) is 41.9 Å². The molecule has 7 nitrogen and oxygen atoms in total. The van der Waals surface area contributed by atoms with Crippen LogP contribution < -0.4 is 11.1 Å². The number of fused-ring (bicyclic) bond motifs is 1. The fourth-order valence-electron chi connectivity index (χ4n) is 2.85. The first-order valence-corrected chi connectivity index (χ1v) is 9.57. The molecule has 8 heteroatoms. The van der Waals surface area contributed by atoms with Gasteiger partial charge in [0.1, 0.15) is 10.1 Å². The molecule has 140 valence electrons. The van der Waals surface area contributed by atoms with Crippen LogP contribution in [0, 0.1) is 0 Å². The number of carbonyl (C=O) groups excluding carboxylic acids is 1. The molecule has 3 aromatic heterocycles. The second-order valence-corrected chi connectivity index (χ2v) is 7.12. The highest BCUT2D eigenvalue weighted by Crippen LogP contribution is 2.24. The van der Waals surface area contributed by atoms with Gasteiger partial charge in [-0.1, -0.05) is 24.3 Å². The van der Waals surface area contributed by atoms with Crippen molar-refractivity contribution in [3.63, 3.8) is 0 Å². The molecular weight excluding hydrogens is 372 g/mol. The molecule has 0 bridgehead atoms. The van der Waals surface area contributed by atoms with E-state index in [0.717, 1.165) is 21.5 Å². The number of aromatic amines is 1. The first-order valence-electron chi connectivity index (χ1n) is 8.75. The number of H-pyrrole nitrogens is 1. The van der Waals surface area contributed by atoms with E-state index in [1.807, 2.05) is 42.6 Å². The Morgan fingerprint density at radius 2 is 1.96 bits per heavy atom. The molecule has 0 radical (unpaired) electrons. The maximum Gasteiger partial charge on any atom is 0.273 e. The second kappa shape index (κ2) is 8.10. The van der Waals surface area contributed by atoms with Crippen LogP contribution in [0.2, 0.25) is 0 Å². The normalized spacial score (nSPS) is 10.9. The van der Waals surface area contributed by atoms with Crippen LogP contribution >= 0.6 is 11.8 Å². The number of hydrogen-bond donors (Lipinski definition) is 3. The Kier molecular flexibility index (Phi) is 5.20. The Hall–Kier alpha value is -3.39. The minimum absolute atomic E-state index is 0.106. The first-order chi connectivity index (χ1) is 13.7. The molecule has 4 aromatic rings. The third-order valence-corrected chi connectivity index (χ3v) is 5.05. The maximum atomic E-state index is 12.5. The van der Waals surface area contributed by atoms with Crippen LogP contribution in [0.25, 0.3) is 10.9 Å². The molecule has 4 rings (SSSR count). The van der Waals surface area contributed by atoms with Crippen molar-refractivity contribution >= 4 is 34.4 Å². The minimum Gasteiger partial charge on any atom is -0.382 e. The lowest BCUT2D eigenvalue weighted by Crippen LogP contribution is -2.27. The number of benzene rings is 1. The van der Waals surface area contributed by atoms with Crippen molar-refractivity contribution in [2.24, 2.45) is 0 Å². The van der Waals surface area contributed by atoms with Gasteiger partial charge in [0, 0.05) is 29.8 Å². The summed E-state index contributed by atoms with van der Waals surface area (Å²) in [4.78, 5) is 28.5. The number of nitrogen functional groups attached to an aromatic ring is 1. The van der Waals surface area contributed by atoms with Crippen molar-refractivity contribution in [2.45, 2.75) is 16.5 Å². The van der Waals surface area contributed by atoms with E-state index >= 15 is 0 Å². The van der Waals surface area contributed by atoms with Crippen LogP contribution in [0.15, 0.2) is 71.1 Å². The van der Waals surface area contributed by atoms with E-state index in [1.54, 1.807) is 6.20 Å². The van der Waals surface area contributed by atoms with Crippen LogP contribution in [-0.2, 0) is 6.42 Å². The van der Waals surface area contributed by atoms with Crippen LogP contribution in [0.1, 0.15) is 16.1 Å². The highest BCUT2D eigenvalue weighted by molar-refractivity contribution is 7.99. The average Bonchev–Trinajstić information content (AvgIpc) is 3.13. The Morgan fingerprint density at radius 3 is 2.82 bits per heavy atom. The van der Waals surface area contributed by atoms with Gasteiger partial charge in [-0.25, -0.2) is 15.0 Å². The van der Waals surface area contributed by atoms with Gasteiger partial charge in [0.05, 0.1) is 6.20 Å². The summed E-state index contributed by atoms with van der Waals surface area (Å²) in [5, 5.41) is 5.37. The molecule has 0 saturated heterocycles. The van der Waals surface area contributed by atoms with E-state index in [4.69, 9.17) is 5.73 Å². The third-order valence-electron chi connectivity index (χ3n) is 4.20. The summed E-state index contributed by atoms with van der Waals surface area (Å²) in [6.07, 6.45) is 5.91. The summed E-state index contributed by atoms with van der Waals surface area (Å²) in [7, 11) is 0. The van der Waals surface area contributed by atoms with Crippen molar-refractivity contribution in [2.75, 3.05) is 12.3 Å². The van der Waals surface area contributed by atoms with E-state index in [9.17, 15) is 4.79 Å². The summed E-state index contributed by atoms with van der Waals surface area (Å²) >= 11 is 1.33. The molecule has 1 aromatic carbocycles. The Labute approximate surface area is 165 Å². The number of nitrogens with zero attached hydrogens (tertiary/aromatic N) is 3. The van der Waals surface area contributed by atoms with Gasteiger partial charge in [0.2, 0.25) is 0 Å². The number of amides is 1. The predicted octanol–water partition coefficient (Wildman–Crippen LogP) is 3.06. The average molecular weight is 390 g/mol. The monoisotopic (exact) mass is 390 g/mol. The highest BCUT2D eigenvalue weighted by Gasteiger charge is 2.15. The van der Waals surface area contributed by atoms with E-state index in [2.05, 4.69) is 31.3 Å². The zero-order chi connectivity index (χ0) is 19.3. The molecule has 0 spiro atoms. The van der Waals surface area contributed by atoms with E-state index in [-0.39, 0.29) is 17.4 Å². The number of anilines is 1. The molecule has 1 amide bonds. The third kappa shape index (κ3) is 3.96. The van der Waals surface area contributed by atoms with Crippen LogP contribution in [-0.4, -0.2) is 32.4 Å². The fraction of sp³-hybridized carbons (Fsp3) is 0.100. The molecule has 0 aliphatic heterocycles. The van der Waals surface area contributed by atoms with E-state index in [0.29, 0.717) is 18.0 Å². The summed E-state index contributed by atoms with van der Waals surface area (Å²) in [5.41, 5.74) is 8.21. The molecule has 4 N–H and O–H groups in total. The quantitative estimate of drug-likeness (QED) is 0.467. The van der Waals surface area contributed by atoms with Crippen LogP contribution in [0.4, 0.5) is 5.82 Å². The van der Waals surface area contributed by atoms with Gasteiger partial charge in [-0.3, -0.25) is 4.79 Å². The first kappa shape index (κ1) is 18.0. The number of nitrogens with one attached hydrogen (secondary N) is 2. The Bertz CT molecular complexity index is 1110. The number of para-hydroxylation sites is 1. The number of pyridine rings is 1. The molecule has 0 atom stereocenters. The standard InChI is InChI=1S/C20H18N6OS/c21-19-18(26-17(12-25-19)28-16-7-3-4-9-22-16)20(27)23-10-8-13-11-24-15-6-2-1-5-14(13)15/h1-7,9,11-12,24H,8,10H2,(H2,21,25)(H,23,27).